The average Bonchev–Trinajstić information content (AvgIpc) is 2.14. The van der Waals surface area contributed by atoms with Gasteiger partial charge in [0, 0.05) is 12.8 Å². The van der Waals surface area contributed by atoms with Gasteiger partial charge in [-0.1, -0.05) is 364 Å². The number of ether oxygens (including phenoxy) is 2. The summed E-state index contributed by atoms with van der Waals surface area (Å²) < 4.78 is 34.8. The molecular weight excluding hydrogens is 1160 g/mol. The molecule has 0 aromatic rings. The second-order valence-electron chi connectivity index (χ2n) is 28.4. The lowest BCUT2D eigenvalue weighted by Gasteiger charge is -2.24. The number of rotatable bonds is 75. The second-order valence-corrected chi connectivity index (χ2v) is 29.9. The number of nitrogens with zero attached hydrogens (tertiary/aromatic N) is 1. The summed E-state index contributed by atoms with van der Waals surface area (Å²) in [5, 5.41) is 0. The highest BCUT2D eigenvalue weighted by Crippen LogP contribution is 2.43. The molecule has 9 nitrogen and oxygen atoms in total. The van der Waals surface area contributed by atoms with Crippen molar-refractivity contribution in [2.24, 2.45) is 0 Å². The average molecular weight is 1310 g/mol. The molecule has 10 heteroatoms. The summed E-state index contributed by atoms with van der Waals surface area (Å²) in [6.45, 7) is 4.48. The van der Waals surface area contributed by atoms with Gasteiger partial charge in [-0.3, -0.25) is 18.6 Å². The quantitative estimate of drug-likeness (QED) is 0.0211. The lowest BCUT2D eigenvalue weighted by molar-refractivity contribution is -0.870. The molecule has 92 heavy (non-hydrogen) atoms. The first-order valence-electron chi connectivity index (χ1n) is 40.0. The Hall–Kier alpha value is -2.29. The molecule has 0 rings (SSSR count). The lowest BCUT2D eigenvalue weighted by atomic mass is 10.0. The molecule has 0 saturated carbocycles. The Kier molecular flexibility index (Phi) is 71.2. The molecule has 0 bridgehead atoms. The normalized spacial score (nSPS) is 13.3. The number of hydrogen-bond acceptors (Lipinski definition) is 7. The summed E-state index contributed by atoms with van der Waals surface area (Å²) in [5.74, 6) is -0.776. The highest BCUT2D eigenvalue weighted by Gasteiger charge is 2.27. The van der Waals surface area contributed by atoms with E-state index in [1.165, 1.54) is 315 Å². The van der Waals surface area contributed by atoms with Gasteiger partial charge >= 0.3 is 19.8 Å². The standard InChI is InChI=1S/C82H154NO8P/c1-6-8-10-12-14-16-18-20-22-24-26-28-30-32-34-36-38-39-40-41-42-43-45-46-48-50-52-54-56-58-60-62-64-66-68-70-72-74-81(84)88-78-80(79-90-92(86,87)89-77-76-83(3,4)5)91-82(85)75-73-71-69-67-65-63-61-59-57-55-53-51-49-47-44-37-35-33-31-29-27-25-23-21-19-17-15-13-11-9-7-2/h18-21,24-27,31,33,80H,6-17,22-23,28-30,32,34-79H2,1-5H3/p+1/b20-18-,21-19-,26-24-,27-25-,33-31-. The number of esters is 2. The molecule has 0 fully saturated rings. The van der Waals surface area contributed by atoms with Crippen molar-refractivity contribution in [3.63, 3.8) is 0 Å². The number of carbonyl (C=O) groups excluding carboxylic acids is 2. The third-order valence-electron chi connectivity index (χ3n) is 18.0. The molecule has 540 valence electrons. The van der Waals surface area contributed by atoms with Crippen LogP contribution in [0.1, 0.15) is 399 Å². The van der Waals surface area contributed by atoms with E-state index in [4.69, 9.17) is 18.5 Å². The van der Waals surface area contributed by atoms with Crippen molar-refractivity contribution >= 4 is 19.8 Å². The zero-order valence-corrected chi connectivity index (χ0v) is 62.7. The van der Waals surface area contributed by atoms with Crippen LogP contribution in [0.2, 0.25) is 0 Å². The minimum absolute atomic E-state index is 0.0333. The number of phosphoric acid groups is 1. The molecule has 0 saturated heterocycles. The number of quaternary nitrogens is 1. The molecule has 1 N–H and O–H groups in total. The van der Waals surface area contributed by atoms with Crippen LogP contribution in [0.3, 0.4) is 0 Å². The number of carbonyl (C=O) groups is 2. The van der Waals surface area contributed by atoms with Crippen LogP contribution < -0.4 is 0 Å². The molecule has 0 aliphatic heterocycles. The second kappa shape index (κ2) is 73.0. The van der Waals surface area contributed by atoms with Crippen LogP contribution >= 0.6 is 7.82 Å². The van der Waals surface area contributed by atoms with Crippen LogP contribution in [-0.4, -0.2) is 74.9 Å². The summed E-state index contributed by atoms with van der Waals surface area (Å²) in [6, 6.07) is 0. The fourth-order valence-electron chi connectivity index (χ4n) is 11.9. The SMILES string of the molecule is CCCCCCC/C=C\C/C=C\C/C=C\CCCCCCCCCCCCCCCCCCC(=O)OC(COC(=O)CCCCCCCCCCCCCCCCCCCCCCCCCCC/C=C\C/C=C\CCCCCCC)COP(=O)(O)OCC[N+](C)(C)C. The van der Waals surface area contributed by atoms with Crippen molar-refractivity contribution < 1.29 is 42.1 Å². The Morgan fingerprint density at radius 1 is 0.337 bits per heavy atom. The van der Waals surface area contributed by atoms with Crippen LogP contribution in [0.4, 0.5) is 0 Å². The maximum atomic E-state index is 12.9. The highest BCUT2D eigenvalue weighted by atomic mass is 31.2. The van der Waals surface area contributed by atoms with E-state index in [0.717, 1.165) is 51.4 Å². The number of hydrogen-bond donors (Lipinski definition) is 1. The Bertz CT molecular complexity index is 1740. The van der Waals surface area contributed by atoms with Crippen LogP contribution in [0.5, 0.6) is 0 Å². The van der Waals surface area contributed by atoms with E-state index in [1.54, 1.807) is 0 Å². The summed E-state index contributed by atoms with van der Waals surface area (Å²) in [6.07, 6.45) is 98.0. The largest absolute Gasteiger partial charge is 0.472 e. The van der Waals surface area contributed by atoms with E-state index in [2.05, 4.69) is 74.6 Å². The van der Waals surface area contributed by atoms with Crippen molar-refractivity contribution in [3.05, 3.63) is 60.8 Å². The zero-order valence-electron chi connectivity index (χ0n) is 61.8. The predicted octanol–water partition coefficient (Wildman–Crippen LogP) is 26.5. The summed E-state index contributed by atoms with van der Waals surface area (Å²) in [4.78, 5) is 36.0. The van der Waals surface area contributed by atoms with Gasteiger partial charge in [0.2, 0.25) is 0 Å². The summed E-state index contributed by atoms with van der Waals surface area (Å²) in [5.41, 5.74) is 0. The molecule has 0 aromatic heterocycles. The van der Waals surface area contributed by atoms with E-state index >= 15 is 0 Å². The van der Waals surface area contributed by atoms with Gasteiger partial charge in [-0.2, -0.15) is 0 Å². The van der Waals surface area contributed by atoms with Gasteiger partial charge in [0.05, 0.1) is 27.7 Å². The summed E-state index contributed by atoms with van der Waals surface area (Å²) in [7, 11) is 1.50. The molecule has 0 aliphatic carbocycles. The molecule has 0 aliphatic rings. The zero-order chi connectivity index (χ0) is 66.9. The maximum Gasteiger partial charge on any atom is 0.472 e. The molecule has 2 unspecified atom stereocenters. The van der Waals surface area contributed by atoms with E-state index in [-0.39, 0.29) is 25.6 Å². The Labute approximate surface area is 572 Å². The third kappa shape index (κ3) is 76.7. The van der Waals surface area contributed by atoms with Crippen molar-refractivity contribution in [1.82, 2.24) is 0 Å². The molecule has 0 amide bonds. The van der Waals surface area contributed by atoms with E-state index in [1.807, 2.05) is 21.1 Å². The number of likely N-dealkylation sites (N-methyl/N-ethyl adjacent to an activating group) is 1. The first-order chi connectivity index (χ1) is 45.0. The van der Waals surface area contributed by atoms with Crippen molar-refractivity contribution in [2.45, 2.75) is 405 Å². The maximum absolute atomic E-state index is 12.9. The van der Waals surface area contributed by atoms with Crippen LogP contribution in [0.25, 0.3) is 0 Å². The van der Waals surface area contributed by atoms with Crippen LogP contribution in [0, 0.1) is 0 Å². The molecule has 2 atom stereocenters. The topological polar surface area (TPSA) is 108 Å². The van der Waals surface area contributed by atoms with Gasteiger partial charge in [0.1, 0.15) is 19.8 Å². The molecule has 0 aromatic carbocycles. The Morgan fingerprint density at radius 2 is 0.587 bits per heavy atom. The molecular formula is C82H155NO8P+. The molecule has 0 heterocycles. The lowest BCUT2D eigenvalue weighted by Crippen LogP contribution is -2.37. The smallest absolute Gasteiger partial charge is 0.462 e. The van der Waals surface area contributed by atoms with Gasteiger partial charge in [-0.15, -0.1) is 0 Å². The first-order valence-corrected chi connectivity index (χ1v) is 41.5. The van der Waals surface area contributed by atoms with E-state index in [0.29, 0.717) is 23.9 Å². The summed E-state index contributed by atoms with van der Waals surface area (Å²) >= 11 is 0. The minimum Gasteiger partial charge on any atom is -0.462 e. The van der Waals surface area contributed by atoms with Gasteiger partial charge in [0.15, 0.2) is 6.10 Å². The van der Waals surface area contributed by atoms with E-state index < -0.39 is 26.5 Å². The minimum atomic E-state index is -4.39. The monoisotopic (exact) mass is 1310 g/mol. The fraction of sp³-hybridized carbons (Fsp3) is 0.854. The van der Waals surface area contributed by atoms with Crippen LogP contribution in [0.15, 0.2) is 60.8 Å². The van der Waals surface area contributed by atoms with Crippen molar-refractivity contribution in [1.29, 1.82) is 0 Å². The molecule has 0 spiro atoms. The molecule has 0 radical (unpaired) electrons. The van der Waals surface area contributed by atoms with Crippen LogP contribution in [-0.2, 0) is 32.7 Å². The van der Waals surface area contributed by atoms with Gasteiger partial charge < -0.3 is 18.9 Å². The van der Waals surface area contributed by atoms with Crippen molar-refractivity contribution in [2.75, 3.05) is 47.5 Å². The van der Waals surface area contributed by atoms with Gasteiger partial charge in [0.25, 0.3) is 0 Å². The number of unbranched alkanes of at least 4 members (excludes halogenated alkanes) is 51. The highest BCUT2D eigenvalue weighted by molar-refractivity contribution is 7.47. The third-order valence-corrected chi connectivity index (χ3v) is 19.0. The Balaban J connectivity index is 3.92. The number of phosphoric ester groups is 1. The first kappa shape index (κ1) is 89.7. The fourth-order valence-corrected chi connectivity index (χ4v) is 12.6. The van der Waals surface area contributed by atoms with Gasteiger partial charge in [-0.25, -0.2) is 4.57 Å². The Morgan fingerprint density at radius 3 is 0.870 bits per heavy atom. The number of allylic oxidation sites excluding steroid dienone is 10. The predicted molar refractivity (Wildman–Crippen MR) is 400 cm³/mol. The van der Waals surface area contributed by atoms with Crippen molar-refractivity contribution in [3.8, 4) is 0 Å². The van der Waals surface area contributed by atoms with E-state index in [9.17, 15) is 19.0 Å². The van der Waals surface area contributed by atoms with Gasteiger partial charge in [-0.05, 0) is 83.5 Å².